The Bertz CT molecular complexity index is 305. The molecule has 84 valence electrons. The van der Waals surface area contributed by atoms with Crippen LogP contribution in [0.15, 0.2) is 12.4 Å². The first-order chi connectivity index (χ1) is 7.25. The zero-order chi connectivity index (χ0) is 10.7. The number of rotatable bonds is 4. The van der Waals surface area contributed by atoms with Gasteiger partial charge in [-0.25, -0.2) is 4.98 Å². The number of nitrogens with two attached hydrogens (primary N) is 1. The van der Waals surface area contributed by atoms with E-state index in [0.717, 1.165) is 38.3 Å². The molecule has 1 aliphatic rings. The molecule has 1 aromatic rings. The van der Waals surface area contributed by atoms with Gasteiger partial charge in [-0.1, -0.05) is 0 Å². The minimum atomic E-state index is 0.206. The third-order valence-electron chi connectivity index (χ3n) is 3.03. The molecule has 4 nitrogen and oxygen atoms in total. The maximum absolute atomic E-state index is 6.10. The summed E-state index contributed by atoms with van der Waals surface area (Å²) in [5.41, 5.74) is 6.10. The summed E-state index contributed by atoms with van der Waals surface area (Å²) in [6.07, 6.45) is 6.85. The fourth-order valence-electron chi connectivity index (χ4n) is 2.11. The molecule has 2 atom stereocenters. The molecule has 1 aliphatic heterocycles. The van der Waals surface area contributed by atoms with Gasteiger partial charge in [-0.05, 0) is 18.8 Å². The molecular formula is C11H19N3O. The molecule has 2 unspecified atom stereocenters. The third-order valence-corrected chi connectivity index (χ3v) is 3.03. The van der Waals surface area contributed by atoms with Crippen molar-refractivity contribution in [2.24, 2.45) is 18.7 Å². The molecule has 15 heavy (non-hydrogen) atoms. The van der Waals surface area contributed by atoms with E-state index in [2.05, 4.69) is 4.98 Å². The SMILES string of the molecule is Cn1ccnc1CC(N)CC1CCOC1. The lowest BCUT2D eigenvalue weighted by molar-refractivity contribution is 0.182. The van der Waals surface area contributed by atoms with Gasteiger partial charge in [0.1, 0.15) is 5.82 Å². The minimum absolute atomic E-state index is 0.206. The van der Waals surface area contributed by atoms with Crippen molar-refractivity contribution in [2.45, 2.75) is 25.3 Å². The average Bonchev–Trinajstić information content (AvgIpc) is 2.79. The second-order valence-electron chi connectivity index (χ2n) is 4.38. The van der Waals surface area contributed by atoms with Crippen molar-refractivity contribution in [1.82, 2.24) is 9.55 Å². The Kier molecular flexibility index (Phi) is 3.38. The molecule has 2 N–H and O–H groups in total. The van der Waals surface area contributed by atoms with Crippen LogP contribution in [0.1, 0.15) is 18.7 Å². The number of nitrogens with zero attached hydrogens (tertiary/aromatic N) is 2. The van der Waals surface area contributed by atoms with Gasteiger partial charge in [-0.15, -0.1) is 0 Å². The molecule has 0 spiro atoms. The summed E-state index contributed by atoms with van der Waals surface area (Å²) in [5, 5.41) is 0. The van der Waals surface area contributed by atoms with Gasteiger partial charge in [0, 0.05) is 45.1 Å². The van der Waals surface area contributed by atoms with Crippen molar-refractivity contribution in [1.29, 1.82) is 0 Å². The smallest absolute Gasteiger partial charge is 0.109 e. The van der Waals surface area contributed by atoms with Gasteiger partial charge in [0.25, 0.3) is 0 Å². The molecule has 1 saturated heterocycles. The molecule has 2 rings (SSSR count). The predicted octanol–water partition coefficient (Wildman–Crippen LogP) is 0.716. The van der Waals surface area contributed by atoms with Gasteiger partial charge in [0.2, 0.25) is 0 Å². The molecule has 0 aromatic carbocycles. The van der Waals surface area contributed by atoms with Crippen LogP contribution in [0.5, 0.6) is 0 Å². The van der Waals surface area contributed by atoms with Crippen LogP contribution >= 0.6 is 0 Å². The van der Waals surface area contributed by atoms with Gasteiger partial charge in [-0.2, -0.15) is 0 Å². The van der Waals surface area contributed by atoms with Crippen molar-refractivity contribution >= 4 is 0 Å². The van der Waals surface area contributed by atoms with Gasteiger partial charge in [-0.3, -0.25) is 0 Å². The number of imidazole rings is 1. The quantitative estimate of drug-likeness (QED) is 0.795. The summed E-state index contributed by atoms with van der Waals surface area (Å²) in [5.74, 6) is 1.72. The largest absolute Gasteiger partial charge is 0.381 e. The Balaban J connectivity index is 1.81. The number of hydrogen-bond donors (Lipinski definition) is 1. The third kappa shape index (κ3) is 2.79. The highest BCUT2D eigenvalue weighted by molar-refractivity contribution is 4.94. The van der Waals surface area contributed by atoms with Crippen LogP contribution in [0, 0.1) is 5.92 Å². The summed E-state index contributed by atoms with van der Waals surface area (Å²) in [6, 6.07) is 0.206. The fourth-order valence-corrected chi connectivity index (χ4v) is 2.11. The Morgan fingerprint density at radius 3 is 3.20 bits per heavy atom. The van der Waals surface area contributed by atoms with Crippen LogP contribution in [0.2, 0.25) is 0 Å². The van der Waals surface area contributed by atoms with E-state index in [0.29, 0.717) is 5.92 Å². The van der Waals surface area contributed by atoms with Gasteiger partial charge in [0.15, 0.2) is 0 Å². The van der Waals surface area contributed by atoms with E-state index in [4.69, 9.17) is 10.5 Å². The van der Waals surface area contributed by atoms with Crippen molar-refractivity contribution in [3.63, 3.8) is 0 Å². The van der Waals surface area contributed by atoms with Crippen molar-refractivity contribution in [3.05, 3.63) is 18.2 Å². The highest BCUT2D eigenvalue weighted by atomic mass is 16.5. The van der Waals surface area contributed by atoms with E-state index < -0.39 is 0 Å². The molecule has 0 radical (unpaired) electrons. The van der Waals surface area contributed by atoms with E-state index in [-0.39, 0.29) is 6.04 Å². The first-order valence-corrected chi connectivity index (χ1v) is 5.55. The lowest BCUT2D eigenvalue weighted by Gasteiger charge is -2.14. The lowest BCUT2D eigenvalue weighted by atomic mass is 9.98. The zero-order valence-corrected chi connectivity index (χ0v) is 9.22. The van der Waals surface area contributed by atoms with Crippen molar-refractivity contribution < 1.29 is 4.74 Å². The highest BCUT2D eigenvalue weighted by Crippen LogP contribution is 2.18. The van der Waals surface area contributed by atoms with E-state index in [1.807, 2.05) is 24.0 Å². The standard InChI is InChI=1S/C11H19N3O/c1-14-4-3-13-11(14)7-10(12)6-9-2-5-15-8-9/h3-4,9-10H,2,5-8,12H2,1H3. The second-order valence-corrected chi connectivity index (χ2v) is 4.38. The van der Waals surface area contributed by atoms with Crippen LogP contribution in [0.25, 0.3) is 0 Å². The molecule has 0 bridgehead atoms. The summed E-state index contributed by atoms with van der Waals surface area (Å²) in [7, 11) is 2.01. The Labute approximate surface area is 90.4 Å². The highest BCUT2D eigenvalue weighted by Gasteiger charge is 2.19. The average molecular weight is 209 g/mol. The van der Waals surface area contributed by atoms with Crippen molar-refractivity contribution in [2.75, 3.05) is 13.2 Å². The van der Waals surface area contributed by atoms with Crippen LogP contribution in [0.3, 0.4) is 0 Å². The van der Waals surface area contributed by atoms with Crippen LogP contribution < -0.4 is 5.73 Å². The number of hydrogen-bond acceptors (Lipinski definition) is 3. The molecule has 1 aromatic heterocycles. The maximum atomic E-state index is 6.10. The summed E-state index contributed by atoms with van der Waals surface area (Å²) in [6.45, 7) is 1.79. The lowest BCUT2D eigenvalue weighted by Crippen LogP contribution is -2.27. The first kappa shape index (κ1) is 10.6. The molecule has 0 amide bonds. The summed E-state index contributed by atoms with van der Waals surface area (Å²) < 4.78 is 7.37. The molecule has 4 heteroatoms. The van der Waals surface area contributed by atoms with Crippen molar-refractivity contribution in [3.8, 4) is 0 Å². The number of aromatic nitrogens is 2. The van der Waals surface area contributed by atoms with Gasteiger partial charge in [0.05, 0.1) is 0 Å². The zero-order valence-electron chi connectivity index (χ0n) is 9.22. The molecule has 1 fully saturated rings. The maximum Gasteiger partial charge on any atom is 0.109 e. The van der Waals surface area contributed by atoms with Gasteiger partial charge >= 0.3 is 0 Å². The number of ether oxygens (including phenoxy) is 1. The molecule has 0 aliphatic carbocycles. The Hall–Kier alpha value is -0.870. The minimum Gasteiger partial charge on any atom is -0.381 e. The van der Waals surface area contributed by atoms with Crippen LogP contribution in [-0.2, 0) is 18.2 Å². The molecule has 0 saturated carbocycles. The monoisotopic (exact) mass is 209 g/mol. The summed E-state index contributed by atoms with van der Waals surface area (Å²) >= 11 is 0. The van der Waals surface area contributed by atoms with E-state index in [1.54, 1.807) is 0 Å². The van der Waals surface area contributed by atoms with E-state index >= 15 is 0 Å². The number of aryl methyl sites for hydroxylation is 1. The topological polar surface area (TPSA) is 53.1 Å². The fraction of sp³-hybridized carbons (Fsp3) is 0.727. The summed E-state index contributed by atoms with van der Waals surface area (Å²) in [4.78, 5) is 4.28. The van der Waals surface area contributed by atoms with Crippen LogP contribution in [0.4, 0.5) is 0 Å². The van der Waals surface area contributed by atoms with E-state index in [9.17, 15) is 0 Å². The molecular weight excluding hydrogens is 190 g/mol. The second kappa shape index (κ2) is 4.77. The predicted molar refractivity (Wildman–Crippen MR) is 58.4 cm³/mol. The first-order valence-electron chi connectivity index (χ1n) is 5.55. The van der Waals surface area contributed by atoms with E-state index in [1.165, 1.54) is 0 Å². The Morgan fingerprint density at radius 2 is 2.60 bits per heavy atom. The van der Waals surface area contributed by atoms with Crippen LogP contribution in [-0.4, -0.2) is 28.8 Å². The van der Waals surface area contributed by atoms with Gasteiger partial charge < -0.3 is 15.0 Å². The molecule has 2 heterocycles. The normalized spacial score (nSPS) is 23.2. The Morgan fingerprint density at radius 1 is 1.73 bits per heavy atom.